The van der Waals surface area contributed by atoms with Crippen molar-refractivity contribution >= 4 is 27.5 Å². The Morgan fingerprint density at radius 1 is 1.32 bits per heavy atom. The van der Waals surface area contributed by atoms with Crippen LogP contribution in [-0.2, 0) is 0 Å². The van der Waals surface area contributed by atoms with Crippen molar-refractivity contribution in [2.24, 2.45) is 0 Å². The van der Waals surface area contributed by atoms with Crippen molar-refractivity contribution in [3.8, 4) is 5.75 Å². The van der Waals surface area contributed by atoms with E-state index < -0.39 is 0 Å². The van der Waals surface area contributed by atoms with Crippen LogP contribution in [0.1, 0.15) is 15.9 Å². The van der Waals surface area contributed by atoms with Crippen LogP contribution in [0.15, 0.2) is 41.1 Å². The summed E-state index contributed by atoms with van der Waals surface area (Å²) in [5.74, 6) is 0.605. The number of nitrogens with zero attached hydrogens (tertiary/aromatic N) is 1. The molecule has 5 heteroatoms. The topological polar surface area (TPSA) is 51.2 Å². The second-order valence-corrected chi connectivity index (χ2v) is 4.82. The van der Waals surface area contributed by atoms with Crippen molar-refractivity contribution in [1.82, 2.24) is 4.98 Å². The average Bonchev–Trinajstić information content (AvgIpc) is 2.39. The lowest BCUT2D eigenvalue weighted by Gasteiger charge is -2.09. The monoisotopic (exact) mass is 320 g/mol. The number of nitrogens with one attached hydrogen (secondary N) is 1. The van der Waals surface area contributed by atoms with E-state index in [0.717, 1.165) is 17.0 Å². The quantitative estimate of drug-likeness (QED) is 0.882. The number of hydrogen-bond acceptors (Lipinski definition) is 3. The molecule has 0 aliphatic rings. The second kappa shape index (κ2) is 5.84. The molecular formula is C14H13BrN2O2. The number of pyridine rings is 1. The lowest BCUT2D eigenvalue weighted by molar-refractivity contribution is 0.102. The first-order chi connectivity index (χ1) is 9.10. The summed E-state index contributed by atoms with van der Waals surface area (Å²) in [7, 11) is 1.62. The van der Waals surface area contributed by atoms with Crippen LogP contribution in [0.25, 0.3) is 0 Å². The Morgan fingerprint density at radius 3 is 2.68 bits per heavy atom. The largest absolute Gasteiger partial charge is 0.496 e. The summed E-state index contributed by atoms with van der Waals surface area (Å²) < 4.78 is 5.87. The number of ether oxygens (including phenoxy) is 1. The Labute approximate surface area is 119 Å². The Hall–Kier alpha value is -1.88. The molecule has 1 aromatic heterocycles. The first-order valence-electron chi connectivity index (χ1n) is 5.67. The van der Waals surface area contributed by atoms with Crippen molar-refractivity contribution in [3.05, 3.63) is 52.3 Å². The summed E-state index contributed by atoms with van der Waals surface area (Å²) in [5.41, 5.74) is 2.21. The number of benzene rings is 1. The Kier molecular flexibility index (Phi) is 4.16. The molecule has 1 heterocycles. The number of anilines is 1. The summed E-state index contributed by atoms with van der Waals surface area (Å²) in [6.45, 7) is 1.93. The van der Waals surface area contributed by atoms with Gasteiger partial charge in [0.05, 0.1) is 12.7 Å². The van der Waals surface area contributed by atoms with E-state index in [2.05, 4.69) is 26.2 Å². The molecule has 0 atom stereocenters. The summed E-state index contributed by atoms with van der Waals surface area (Å²) in [6.07, 6.45) is 1.52. The first kappa shape index (κ1) is 13.5. The Bertz CT molecular complexity index is 597. The average molecular weight is 321 g/mol. The number of methoxy groups -OCH3 is 1. The highest BCUT2D eigenvalue weighted by molar-refractivity contribution is 9.10. The molecule has 98 valence electrons. The van der Waals surface area contributed by atoms with Gasteiger partial charge in [-0.15, -0.1) is 0 Å². The van der Waals surface area contributed by atoms with Gasteiger partial charge in [0.2, 0.25) is 0 Å². The van der Waals surface area contributed by atoms with Crippen molar-refractivity contribution in [3.63, 3.8) is 0 Å². The molecule has 1 amide bonds. The summed E-state index contributed by atoms with van der Waals surface area (Å²) in [4.78, 5) is 16.0. The first-order valence-corrected chi connectivity index (χ1v) is 6.47. The van der Waals surface area contributed by atoms with Crippen LogP contribution < -0.4 is 10.1 Å². The van der Waals surface area contributed by atoms with E-state index in [1.807, 2.05) is 19.1 Å². The zero-order chi connectivity index (χ0) is 13.8. The SMILES string of the molecule is COc1ccc(NC(=O)c2ccc(Br)nc2)cc1C. The zero-order valence-electron chi connectivity index (χ0n) is 10.6. The molecule has 0 radical (unpaired) electrons. The lowest BCUT2D eigenvalue weighted by Crippen LogP contribution is -2.12. The van der Waals surface area contributed by atoms with E-state index >= 15 is 0 Å². The van der Waals surface area contributed by atoms with Crippen molar-refractivity contribution in [1.29, 1.82) is 0 Å². The number of aromatic nitrogens is 1. The highest BCUT2D eigenvalue weighted by Gasteiger charge is 2.07. The van der Waals surface area contributed by atoms with Crippen LogP contribution in [0.3, 0.4) is 0 Å². The maximum atomic E-state index is 12.0. The number of hydrogen-bond donors (Lipinski definition) is 1. The molecule has 0 aliphatic carbocycles. The van der Waals surface area contributed by atoms with Gasteiger partial charge in [0.1, 0.15) is 10.4 Å². The van der Waals surface area contributed by atoms with Crippen molar-refractivity contribution in [2.45, 2.75) is 6.92 Å². The third-order valence-corrected chi connectivity index (χ3v) is 3.11. The number of carbonyl (C=O) groups excluding carboxylic acids is 1. The summed E-state index contributed by atoms with van der Waals surface area (Å²) in [5, 5.41) is 2.82. The molecule has 2 aromatic rings. The standard InChI is InChI=1S/C14H13BrN2O2/c1-9-7-11(4-5-12(9)19-2)17-14(18)10-3-6-13(15)16-8-10/h3-8H,1-2H3,(H,17,18). The minimum Gasteiger partial charge on any atom is -0.496 e. The van der Waals surface area contributed by atoms with E-state index in [0.29, 0.717) is 10.2 Å². The van der Waals surface area contributed by atoms with Gasteiger partial charge in [0, 0.05) is 11.9 Å². The predicted molar refractivity (Wildman–Crippen MR) is 77.6 cm³/mol. The number of aryl methyl sites for hydroxylation is 1. The minimum absolute atomic E-state index is 0.190. The van der Waals surface area contributed by atoms with E-state index in [1.165, 1.54) is 6.20 Å². The van der Waals surface area contributed by atoms with Gasteiger partial charge in [0.15, 0.2) is 0 Å². The van der Waals surface area contributed by atoms with Crippen LogP contribution in [0.2, 0.25) is 0 Å². The Balaban J connectivity index is 2.14. The van der Waals surface area contributed by atoms with Crippen LogP contribution in [-0.4, -0.2) is 18.0 Å². The van der Waals surface area contributed by atoms with Crippen LogP contribution in [0.4, 0.5) is 5.69 Å². The summed E-state index contributed by atoms with van der Waals surface area (Å²) in [6, 6.07) is 8.93. The normalized spacial score (nSPS) is 10.1. The number of carbonyl (C=O) groups is 1. The lowest BCUT2D eigenvalue weighted by atomic mass is 10.2. The molecule has 0 bridgehead atoms. The number of halogens is 1. The van der Waals surface area contributed by atoms with Crippen LogP contribution in [0.5, 0.6) is 5.75 Å². The zero-order valence-corrected chi connectivity index (χ0v) is 12.2. The van der Waals surface area contributed by atoms with Crippen LogP contribution in [0, 0.1) is 6.92 Å². The molecule has 0 spiro atoms. The fourth-order valence-electron chi connectivity index (χ4n) is 1.67. The smallest absolute Gasteiger partial charge is 0.257 e. The highest BCUT2D eigenvalue weighted by Crippen LogP contribution is 2.21. The molecule has 0 fully saturated rings. The molecule has 19 heavy (non-hydrogen) atoms. The molecule has 4 nitrogen and oxygen atoms in total. The van der Waals surface area contributed by atoms with Gasteiger partial charge >= 0.3 is 0 Å². The van der Waals surface area contributed by atoms with E-state index in [9.17, 15) is 4.79 Å². The molecule has 2 rings (SSSR count). The second-order valence-electron chi connectivity index (χ2n) is 4.01. The molecule has 0 unspecified atom stereocenters. The molecule has 1 N–H and O–H groups in total. The Morgan fingerprint density at radius 2 is 2.11 bits per heavy atom. The number of amides is 1. The van der Waals surface area contributed by atoms with Crippen LogP contribution >= 0.6 is 15.9 Å². The number of rotatable bonds is 3. The predicted octanol–water partition coefficient (Wildman–Crippen LogP) is 3.41. The molecule has 0 saturated heterocycles. The fraction of sp³-hybridized carbons (Fsp3) is 0.143. The van der Waals surface area contributed by atoms with E-state index in [4.69, 9.17) is 4.74 Å². The highest BCUT2D eigenvalue weighted by atomic mass is 79.9. The van der Waals surface area contributed by atoms with Gasteiger partial charge < -0.3 is 10.1 Å². The summed E-state index contributed by atoms with van der Waals surface area (Å²) >= 11 is 3.23. The fourth-order valence-corrected chi connectivity index (χ4v) is 1.90. The third kappa shape index (κ3) is 3.32. The maximum absolute atomic E-state index is 12.0. The van der Waals surface area contributed by atoms with Crippen molar-refractivity contribution in [2.75, 3.05) is 12.4 Å². The molecule has 0 saturated carbocycles. The van der Waals surface area contributed by atoms with Gasteiger partial charge in [0.25, 0.3) is 5.91 Å². The molecular weight excluding hydrogens is 308 g/mol. The van der Waals surface area contributed by atoms with Gasteiger partial charge in [-0.1, -0.05) is 0 Å². The van der Waals surface area contributed by atoms with Gasteiger partial charge in [-0.25, -0.2) is 4.98 Å². The maximum Gasteiger partial charge on any atom is 0.257 e. The van der Waals surface area contributed by atoms with E-state index in [-0.39, 0.29) is 5.91 Å². The molecule has 1 aromatic carbocycles. The van der Waals surface area contributed by atoms with Gasteiger partial charge in [-0.05, 0) is 58.7 Å². The van der Waals surface area contributed by atoms with Gasteiger partial charge in [-0.3, -0.25) is 4.79 Å². The molecule has 0 aliphatic heterocycles. The van der Waals surface area contributed by atoms with Crippen molar-refractivity contribution < 1.29 is 9.53 Å². The third-order valence-electron chi connectivity index (χ3n) is 2.64. The van der Waals surface area contributed by atoms with Gasteiger partial charge in [-0.2, -0.15) is 0 Å². The minimum atomic E-state index is -0.190. The van der Waals surface area contributed by atoms with E-state index in [1.54, 1.807) is 25.3 Å².